The summed E-state index contributed by atoms with van der Waals surface area (Å²) in [6, 6.07) is 6.49. The molecule has 7 heteroatoms. The third-order valence-corrected chi connectivity index (χ3v) is 5.70. The normalized spacial score (nSPS) is 24.5. The number of aryl methyl sites for hydroxylation is 2. The predicted molar refractivity (Wildman–Crippen MR) is 102 cm³/mol. The molecule has 1 aliphatic rings. The Morgan fingerprint density at radius 2 is 2.04 bits per heavy atom. The zero-order valence-electron chi connectivity index (χ0n) is 14.8. The van der Waals surface area contributed by atoms with Gasteiger partial charge in [0.25, 0.3) is 0 Å². The molecule has 0 aliphatic heterocycles. The van der Waals surface area contributed by atoms with Crippen LogP contribution in [-0.4, -0.2) is 27.6 Å². The van der Waals surface area contributed by atoms with Crippen LogP contribution in [0.5, 0.6) is 0 Å². The van der Waals surface area contributed by atoms with Gasteiger partial charge in [-0.05, 0) is 55.5 Å². The zero-order valence-corrected chi connectivity index (χ0v) is 16.3. The number of halogens is 3. The minimum atomic E-state index is -2.26. The monoisotopic (exact) mass is 411 g/mol. The summed E-state index contributed by atoms with van der Waals surface area (Å²) < 4.78 is 15.8. The first-order valence-corrected chi connectivity index (χ1v) is 9.42. The third-order valence-electron chi connectivity index (χ3n) is 5.12. The van der Waals surface area contributed by atoms with E-state index in [1.807, 2.05) is 0 Å². The van der Waals surface area contributed by atoms with E-state index in [0.29, 0.717) is 21.2 Å². The van der Waals surface area contributed by atoms with Crippen molar-refractivity contribution in [2.75, 3.05) is 6.61 Å². The first-order chi connectivity index (χ1) is 12.7. The number of aromatic nitrogens is 1. The average Bonchev–Trinajstić information content (AvgIpc) is 2.64. The number of hydrogen-bond donors (Lipinski definition) is 2. The molecule has 0 saturated heterocycles. The highest BCUT2D eigenvalue weighted by molar-refractivity contribution is 6.35. The molecule has 0 unspecified atom stereocenters. The van der Waals surface area contributed by atoms with Crippen LogP contribution in [0.15, 0.2) is 30.5 Å². The summed E-state index contributed by atoms with van der Waals surface area (Å²) >= 11 is 12.0. The molecular weight excluding hydrogens is 392 g/mol. The maximum atomic E-state index is 15.8. The number of aliphatic hydroxyl groups excluding tert-OH is 1. The van der Waals surface area contributed by atoms with Crippen molar-refractivity contribution < 1.29 is 19.4 Å². The topological polar surface area (TPSA) is 70.4 Å². The number of Topliss-reactive ketones (excluding diaryl/α,β-unsaturated/α-hetero) is 1. The molecule has 1 aromatic heterocycles. The number of carbonyl (C=O) groups is 1. The van der Waals surface area contributed by atoms with Crippen molar-refractivity contribution in [1.82, 2.24) is 4.98 Å². The highest BCUT2D eigenvalue weighted by Crippen LogP contribution is 2.46. The molecular formula is C20H20Cl2FNO3. The van der Waals surface area contributed by atoms with Crippen molar-refractivity contribution in [3.05, 3.63) is 62.9 Å². The van der Waals surface area contributed by atoms with Gasteiger partial charge in [-0.1, -0.05) is 29.3 Å². The van der Waals surface area contributed by atoms with Crippen LogP contribution in [0.4, 0.5) is 4.39 Å². The number of hydrogen-bond acceptors (Lipinski definition) is 4. The minimum absolute atomic E-state index is 0.0298. The smallest absolute Gasteiger partial charge is 0.195 e. The number of rotatable bonds is 5. The highest BCUT2D eigenvalue weighted by atomic mass is 35.5. The quantitative estimate of drug-likeness (QED) is 0.778. The van der Waals surface area contributed by atoms with Gasteiger partial charge in [0.1, 0.15) is 5.60 Å². The molecule has 0 radical (unpaired) electrons. The van der Waals surface area contributed by atoms with Gasteiger partial charge in [-0.2, -0.15) is 0 Å². The molecule has 0 amide bonds. The Morgan fingerprint density at radius 3 is 2.70 bits per heavy atom. The van der Waals surface area contributed by atoms with Crippen molar-refractivity contribution in [3.63, 3.8) is 0 Å². The summed E-state index contributed by atoms with van der Waals surface area (Å²) in [4.78, 5) is 17.0. The van der Waals surface area contributed by atoms with E-state index >= 15 is 4.39 Å². The number of nitrogens with zero attached hydrogens (tertiary/aromatic N) is 1. The summed E-state index contributed by atoms with van der Waals surface area (Å²) in [6.45, 7) is 1.15. The van der Waals surface area contributed by atoms with Crippen molar-refractivity contribution in [3.8, 4) is 0 Å². The Bertz CT molecular complexity index is 892. The van der Waals surface area contributed by atoms with Crippen LogP contribution in [0, 0.1) is 6.92 Å². The lowest BCUT2D eigenvalue weighted by Gasteiger charge is -2.39. The van der Waals surface area contributed by atoms with Gasteiger partial charge >= 0.3 is 0 Å². The summed E-state index contributed by atoms with van der Waals surface area (Å²) in [6.07, 6.45) is 1.41. The van der Waals surface area contributed by atoms with Gasteiger partial charge < -0.3 is 10.2 Å². The summed E-state index contributed by atoms with van der Waals surface area (Å²) in [5.41, 5.74) is -2.44. The zero-order chi connectivity index (χ0) is 19.8. The van der Waals surface area contributed by atoms with Crippen LogP contribution in [0.3, 0.4) is 0 Å². The fourth-order valence-corrected chi connectivity index (χ4v) is 3.99. The summed E-state index contributed by atoms with van der Waals surface area (Å²) in [5, 5.41) is 21.1. The summed E-state index contributed by atoms with van der Waals surface area (Å²) in [5.74, 6) is -0.595. The minimum Gasteiger partial charge on any atom is -0.393 e. The molecule has 1 aliphatic carbocycles. The van der Waals surface area contributed by atoms with Gasteiger partial charge in [0, 0.05) is 28.2 Å². The van der Waals surface area contributed by atoms with E-state index in [1.165, 1.54) is 12.3 Å². The van der Waals surface area contributed by atoms with E-state index in [9.17, 15) is 15.0 Å². The SMILES string of the molecule is Cc1cnc2c(c1)[C@](F)(C(=O)CCc1ccc(Cl)cc1Cl)CC[C@@]2(O)CO. The predicted octanol–water partition coefficient (Wildman–Crippen LogP) is 4.04. The van der Waals surface area contributed by atoms with Crippen LogP contribution in [0.2, 0.25) is 10.0 Å². The maximum absolute atomic E-state index is 15.8. The number of alkyl halides is 1. The molecule has 1 heterocycles. The standard InChI is InChI=1S/C20H20Cl2FNO3/c1-12-8-15-18(24-10-12)19(27,11-25)6-7-20(15,23)17(26)5-3-13-2-4-14(21)9-16(13)22/h2,4,8-10,25,27H,3,5-7,11H2,1H3/t19-,20+/m1/s1. The molecule has 0 bridgehead atoms. The maximum Gasteiger partial charge on any atom is 0.195 e. The van der Waals surface area contributed by atoms with Crippen molar-refractivity contribution in [1.29, 1.82) is 0 Å². The molecule has 2 N–H and O–H groups in total. The molecule has 27 heavy (non-hydrogen) atoms. The second kappa shape index (κ2) is 7.47. The number of pyridine rings is 1. The molecule has 3 rings (SSSR count). The molecule has 4 nitrogen and oxygen atoms in total. The number of aliphatic hydroxyl groups is 2. The van der Waals surface area contributed by atoms with E-state index in [-0.39, 0.29) is 36.9 Å². The molecule has 0 saturated carbocycles. The number of ketones is 1. The van der Waals surface area contributed by atoms with Gasteiger partial charge in [-0.15, -0.1) is 0 Å². The lowest BCUT2D eigenvalue weighted by molar-refractivity contribution is -0.135. The van der Waals surface area contributed by atoms with Gasteiger partial charge in [0.05, 0.1) is 12.3 Å². The molecule has 0 spiro atoms. The number of carbonyl (C=O) groups excluding carboxylic acids is 1. The first-order valence-electron chi connectivity index (χ1n) is 8.66. The average molecular weight is 412 g/mol. The lowest BCUT2D eigenvalue weighted by atomic mass is 9.72. The Hall–Kier alpha value is -1.53. The highest BCUT2D eigenvalue weighted by Gasteiger charge is 2.51. The van der Waals surface area contributed by atoms with E-state index in [1.54, 1.807) is 25.1 Å². The van der Waals surface area contributed by atoms with Crippen LogP contribution in [0.1, 0.15) is 41.6 Å². The molecule has 0 fully saturated rings. The molecule has 2 atom stereocenters. The molecule has 144 valence electrons. The van der Waals surface area contributed by atoms with Crippen LogP contribution in [0.25, 0.3) is 0 Å². The Balaban J connectivity index is 1.90. The Morgan fingerprint density at radius 1 is 1.30 bits per heavy atom. The third kappa shape index (κ3) is 3.74. The van der Waals surface area contributed by atoms with Gasteiger partial charge in [-0.25, -0.2) is 4.39 Å². The van der Waals surface area contributed by atoms with Crippen molar-refractivity contribution >= 4 is 29.0 Å². The fourth-order valence-electron chi connectivity index (χ4n) is 3.49. The fraction of sp³-hybridized carbons (Fsp3) is 0.400. The van der Waals surface area contributed by atoms with Gasteiger partial charge in [-0.3, -0.25) is 9.78 Å². The Kier molecular flexibility index (Phi) is 5.59. The van der Waals surface area contributed by atoms with Crippen molar-refractivity contribution in [2.45, 2.75) is 43.9 Å². The second-order valence-corrected chi connectivity index (χ2v) is 7.90. The summed E-state index contributed by atoms with van der Waals surface area (Å²) in [7, 11) is 0. The van der Waals surface area contributed by atoms with E-state index < -0.39 is 23.7 Å². The van der Waals surface area contributed by atoms with E-state index in [2.05, 4.69) is 4.98 Å². The van der Waals surface area contributed by atoms with Gasteiger partial charge in [0.15, 0.2) is 11.5 Å². The van der Waals surface area contributed by atoms with Crippen LogP contribution < -0.4 is 0 Å². The number of benzene rings is 1. The van der Waals surface area contributed by atoms with Crippen molar-refractivity contribution in [2.24, 2.45) is 0 Å². The first kappa shape index (κ1) is 20.2. The van der Waals surface area contributed by atoms with E-state index in [0.717, 1.165) is 0 Å². The van der Waals surface area contributed by atoms with Crippen LogP contribution >= 0.6 is 23.2 Å². The van der Waals surface area contributed by atoms with E-state index in [4.69, 9.17) is 23.2 Å². The largest absolute Gasteiger partial charge is 0.393 e. The van der Waals surface area contributed by atoms with Gasteiger partial charge in [0.2, 0.25) is 0 Å². The number of fused-ring (bicyclic) bond motifs is 1. The molecule has 1 aromatic carbocycles. The second-order valence-electron chi connectivity index (χ2n) is 7.06. The molecule has 2 aromatic rings. The van der Waals surface area contributed by atoms with Crippen LogP contribution in [-0.2, 0) is 22.5 Å². The lowest BCUT2D eigenvalue weighted by Crippen LogP contribution is -2.45. The Labute approximate surface area is 167 Å².